The zero-order chi connectivity index (χ0) is 10.8. The van der Waals surface area contributed by atoms with Crippen LogP contribution in [0, 0.1) is 6.42 Å². The van der Waals surface area contributed by atoms with E-state index in [-0.39, 0.29) is 11.3 Å². The Balaban J connectivity index is 2.74. The highest BCUT2D eigenvalue weighted by atomic mass is 32.2. The van der Waals surface area contributed by atoms with Crippen molar-refractivity contribution in [3.8, 4) is 0 Å². The first-order valence-electron chi connectivity index (χ1n) is 3.89. The fourth-order valence-electron chi connectivity index (χ4n) is 0.934. The predicted octanol–water partition coefficient (Wildman–Crippen LogP) is -0.154. The number of H-pyrrole nitrogens is 1. The van der Waals surface area contributed by atoms with Crippen LogP contribution >= 0.6 is 0 Å². The molecule has 0 fully saturated rings. The Labute approximate surface area is 82.2 Å². The summed E-state index contributed by atoms with van der Waals surface area (Å²) in [5.74, 6) is -0.458. The van der Waals surface area contributed by atoms with Gasteiger partial charge in [0.1, 0.15) is 0 Å². The van der Waals surface area contributed by atoms with Crippen LogP contribution in [0.1, 0.15) is 12.1 Å². The van der Waals surface area contributed by atoms with Gasteiger partial charge in [0.2, 0.25) is 5.91 Å². The van der Waals surface area contributed by atoms with Crippen molar-refractivity contribution in [2.45, 2.75) is 11.3 Å². The van der Waals surface area contributed by atoms with Gasteiger partial charge in [-0.15, -0.1) is 0 Å². The van der Waals surface area contributed by atoms with Crippen molar-refractivity contribution in [1.29, 1.82) is 0 Å². The third-order valence-corrected chi connectivity index (χ3v) is 2.72. The van der Waals surface area contributed by atoms with Crippen LogP contribution in [-0.2, 0) is 14.6 Å². The Bertz CT molecular complexity index is 433. The first kappa shape index (κ1) is 10.8. The van der Waals surface area contributed by atoms with Crippen LogP contribution in [-0.4, -0.2) is 25.6 Å². The number of sulfone groups is 1. The molecule has 77 valence electrons. The molecule has 6 heteroatoms. The van der Waals surface area contributed by atoms with E-state index >= 15 is 0 Å². The second-order valence-corrected chi connectivity index (χ2v) is 4.95. The zero-order valence-corrected chi connectivity index (χ0v) is 8.47. The maximum absolute atomic E-state index is 11.1. The van der Waals surface area contributed by atoms with Gasteiger partial charge >= 0.3 is 0 Å². The summed E-state index contributed by atoms with van der Waals surface area (Å²) in [6.45, 7) is 0. The van der Waals surface area contributed by atoms with Gasteiger partial charge in [-0.25, -0.2) is 8.42 Å². The molecular formula is C8H11N2O3S. The number of hydrogen-bond donors (Lipinski definition) is 2. The maximum Gasteiger partial charge on any atom is 0.218 e. The number of rotatable bonds is 4. The van der Waals surface area contributed by atoms with Gasteiger partial charge in [0, 0.05) is 31.0 Å². The molecule has 1 radical (unpaired) electrons. The van der Waals surface area contributed by atoms with Gasteiger partial charge in [-0.1, -0.05) is 0 Å². The van der Waals surface area contributed by atoms with Gasteiger partial charge in [-0.2, -0.15) is 0 Å². The molecule has 1 aromatic heterocycles. The third-order valence-electron chi connectivity index (χ3n) is 1.63. The number of nitrogens with one attached hydrogen (secondary N) is 1. The maximum atomic E-state index is 11.1. The molecule has 0 saturated heterocycles. The van der Waals surface area contributed by atoms with Crippen molar-refractivity contribution in [3.63, 3.8) is 0 Å². The highest BCUT2D eigenvalue weighted by Gasteiger charge is 2.09. The summed E-state index contributed by atoms with van der Waals surface area (Å²) in [4.78, 5) is 13.4. The van der Waals surface area contributed by atoms with Crippen molar-refractivity contribution < 1.29 is 13.2 Å². The monoisotopic (exact) mass is 215 g/mol. The largest absolute Gasteiger partial charge is 0.370 e. The Morgan fingerprint density at radius 3 is 2.71 bits per heavy atom. The molecule has 0 unspecified atom stereocenters. The fraction of sp³-hybridized carbons (Fsp3) is 0.250. The fourth-order valence-corrected chi connectivity index (χ4v) is 1.55. The lowest BCUT2D eigenvalue weighted by atomic mass is 10.2. The number of nitrogens with two attached hydrogens (primary N) is 1. The van der Waals surface area contributed by atoms with E-state index in [9.17, 15) is 13.2 Å². The minimum atomic E-state index is -3.19. The Morgan fingerprint density at radius 2 is 2.29 bits per heavy atom. The number of carbonyl (C=O) groups is 1. The Kier molecular flexibility index (Phi) is 2.95. The Hall–Kier alpha value is -1.30. The average molecular weight is 215 g/mol. The summed E-state index contributed by atoms with van der Waals surface area (Å²) in [6, 6.07) is 1.46. The van der Waals surface area contributed by atoms with Crippen molar-refractivity contribution in [2.75, 3.05) is 6.26 Å². The Morgan fingerprint density at radius 1 is 1.64 bits per heavy atom. The second-order valence-electron chi connectivity index (χ2n) is 2.94. The van der Waals surface area contributed by atoms with Crippen LogP contribution in [0.25, 0.3) is 0 Å². The molecular weight excluding hydrogens is 204 g/mol. The summed E-state index contributed by atoms with van der Waals surface area (Å²) >= 11 is 0. The van der Waals surface area contributed by atoms with Gasteiger partial charge in [-0.05, 0) is 6.07 Å². The van der Waals surface area contributed by atoms with Gasteiger partial charge in [-0.3, -0.25) is 4.79 Å². The van der Waals surface area contributed by atoms with E-state index in [1.54, 1.807) is 0 Å². The van der Waals surface area contributed by atoms with Crippen LogP contribution in [0.15, 0.2) is 17.2 Å². The van der Waals surface area contributed by atoms with Crippen LogP contribution in [0.4, 0.5) is 0 Å². The lowest BCUT2D eigenvalue weighted by Crippen LogP contribution is -2.10. The number of aromatic nitrogens is 1. The van der Waals surface area contributed by atoms with Crippen LogP contribution < -0.4 is 5.73 Å². The van der Waals surface area contributed by atoms with Crippen LogP contribution in [0.5, 0.6) is 0 Å². The summed E-state index contributed by atoms with van der Waals surface area (Å²) in [5.41, 5.74) is 5.50. The number of carbonyl (C=O) groups excluding carboxylic acids is 1. The lowest BCUT2D eigenvalue weighted by molar-refractivity contribution is -0.117. The predicted molar refractivity (Wildman–Crippen MR) is 51.1 cm³/mol. The SMILES string of the molecule is CS(=O)(=O)c1c[nH]c([CH]CC(N)=O)c1. The molecule has 0 aliphatic carbocycles. The highest BCUT2D eigenvalue weighted by Crippen LogP contribution is 2.12. The standard InChI is InChI=1S/C8H11N2O3S/c1-14(12,13)7-4-6(10-5-7)2-3-8(9)11/h2,4-5,10H,3H2,1H3,(H2,9,11). The van der Waals surface area contributed by atoms with Crippen molar-refractivity contribution in [1.82, 2.24) is 4.98 Å². The number of primary amides is 1. The van der Waals surface area contributed by atoms with E-state index in [1.807, 2.05) is 0 Å². The van der Waals surface area contributed by atoms with E-state index < -0.39 is 15.7 Å². The molecule has 14 heavy (non-hydrogen) atoms. The molecule has 0 aliphatic heterocycles. The van der Waals surface area contributed by atoms with E-state index in [4.69, 9.17) is 5.73 Å². The summed E-state index contributed by atoms with van der Waals surface area (Å²) in [6.07, 6.45) is 4.12. The number of hydrogen-bond acceptors (Lipinski definition) is 3. The third kappa shape index (κ3) is 2.88. The molecule has 1 heterocycles. The van der Waals surface area contributed by atoms with Crippen molar-refractivity contribution in [2.24, 2.45) is 5.73 Å². The highest BCUT2D eigenvalue weighted by molar-refractivity contribution is 7.90. The zero-order valence-electron chi connectivity index (χ0n) is 7.65. The molecule has 1 aromatic rings. The van der Waals surface area contributed by atoms with Gasteiger partial charge < -0.3 is 10.7 Å². The first-order chi connectivity index (χ1) is 6.39. The molecule has 1 rings (SSSR count). The summed E-state index contributed by atoms with van der Waals surface area (Å²) in [7, 11) is -3.19. The van der Waals surface area contributed by atoms with Crippen LogP contribution in [0.2, 0.25) is 0 Å². The van der Waals surface area contributed by atoms with E-state index in [1.165, 1.54) is 18.7 Å². The minimum absolute atomic E-state index is 0.0870. The minimum Gasteiger partial charge on any atom is -0.370 e. The molecule has 0 spiro atoms. The quantitative estimate of drug-likeness (QED) is 0.731. The molecule has 0 saturated carbocycles. The molecule has 3 N–H and O–H groups in total. The van der Waals surface area contributed by atoms with E-state index in [0.29, 0.717) is 5.69 Å². The molecule has 0 atom stereocenters. The molecule has 0 bridgehead atoms. The van der Waals surface area contributed by atoms with Crippen molar-refractivity contribution >= 4 is 15.7 Å². The lowest BCUT2D eigenvalue weighted by Gasteiger charge is -1.92. The molecule has 0 aromatic carbocycles. The normalized spacial score (nSPS) is 11.5. The molecule has 5 nitrogen and oxygen atoms in total. The smallest absolute Gasteiger partial charge is 0.218 e. The molecule has 0 aliphatic rings. The van der Waals surface area contributed by atoms with Crippen molar-refractivity contribution in [3.05, 3.63) is 24.4 Å². The van der Waals surface area contributed by atoms with Gasteiger partial charge in [0.15, 0.2) is 9.84 Å². The van der Waals surface area contributed by atoms with Gasteiger partial charge in [0.05, 0.1) is 4.90 Å². The molecule has 1 amide bonds. The number of amides is 1. The summed E-state index contributed by atoms with van der Waals surface area (Å²) < 4.78 is 22.1. The van der Waals surface area contributed by atoms with Crippen LogP contribution in [0.3, 0.4) is 0 Å². The first-order valence-corrected chi connectivity index (χ1v) is 5.79. The van der Waals surface area contributed by atoms with E-state index in [0.717, 1.165) is 6.26 Å². The average Bonchev–Trinajstić information content (AvgIpc) is 2.47. The number of aromatic amines is 1. The van der Waals surface area contributed by atoms with Gasteiger partial charge in [0.25, 0.3) is 0 Å². The van der Waals surface area contributed by atoms with E-state index in [2.05, 4.69) is 4.98 Å². The topological polar surface area (TPSA) is 93.0 Å². The summed E-state index contributed by atoms with van der Waals surface area (Å²) in [5, 5.41) is 0. The second kappa shape index (κ2) is 3.83.